The van der Waals surface area contributed by atoms with Crippen LogP contribution in [0.25, 0.3) is 0 Å². The van der Waals surface area contributed by atoms with Gasteiger partial charge in [-0.15, -0.1) is 11.3 Å². The molecule has 88 valence electrons. The van der Waals surface area contributed by atoms with E-state index in [1.165, 1.54) is 22.5 Å². The highest BCUT2D eigenvalue weighted by molar-refractivity contribution is 7.09. The molecule has 0 unspecified atom stereocenters. The first-order valence-corrected chi connectivity index (χ1v) is 6.87. The zero-order valence-corrected chi connectivity index (χ0v) is 10.5. The number of fused-ring (bicyclic) bond motifs is 1. The number of rotatable bonds is 2. The lowest BCUT2D eigenvalue weighted by molar-refractivity contribution is 0.696. The Kier molecular flexibility index (Phi) is 2.77. The Hall–Kier alpha value is -1.48. The van der Waals surface area contributed by atoms with Crippen LogP contribution in [0.15, 0.2) is 35.7 Å². The van der Waals surface area contributed by atoms with Crippen molar-refractivity contribution in [1.82, 2.24) is 0 Å². The first kappa shape index (κ1) is 10.7. The highest BCUT2D eigenvalue weighted by Gasteiger charge is 2.18. The Bertz CT molecular complexity index is 505. The molecule has 0 amide bonds. The van der Waals surface area contributed by atoms with Crippen LogP contribution in [0.2, 0.25) is 0 Å². The van der Waals surface area contributed by atoms with E-state index >= 15 is 0 Å². The second-order valence-corrected chi connectivity index (χ2v) is 5.48. The lowest BCUT2D eigenvalue weighted by atomic mass is 10.00. The Labute approximate surface area is 106 Å². The van der Waals surface area contributed by atoms with Crippen molar-refractivity contribution in [3.63, 3.8) is 0 Å². The van der Waals surface area contributed by atoms with Gasteiger partial charge in [0.2, 0.25) is 0 Å². The van der Waals surface area contributed by atoms with Gasteiger partial charge < -0.3 is 10.6 Å². The van der Waals surface area contributed by atoms with E-state index in [1.807, 2.05) is 17.4 Å². The molecule has 2 N–H and O–H groups in total. The summed E-state index contributed by atoms with van der Waals surface area (Å²) in [6, 6.07) is 10.6. The van der Waals surface area contributed by atoms with Crippen molar-refractivity contribution in [3.8, 4) is 0 Å². The van der Waals surface area contributed by atoms with Crippen LogP contribution in [-0.4, -0.2) is 6.54 Å². The Balaban J connectivity index is 1.92. The van der Waals surface area contributed by atoms with E-state index in [0.717, 1.165) is 25.2 Å². The average molecular weight is 244 g/mol. The van der Waals surface area contributed by atoms with Crippen molar-refractivity contribution in [2.75, 3.05) is 17.2 Å². The number of nitrogen functional groups attached to an aromatic ring is 1. The van der Waals surface area contributed by atoms with Crippen molar-refractivity contribution in [1.29, 1.82) is 0 Å². The fourth-order valence-electron chi connectivity index (χ4n) is 2.48. The van der Waals surface area contributed by atoms with E-state index in [9.17, 15) is 0 Å². The van der Waals surface area contributed by atoms with E-state index in [2.05, 4.69) is 34.5 Å². The topological polar surface area (TPSA) is 29.3 Å². The van der Waals surface area contributed by atoms with Gasteiger partial charge in [0.15, 0.2) is 0 Å². The summed E-state index contributed by atoms with van der Waals surface area (Å²) < 4.78 is 0. The molecule has 2 nitrogen and oxygen atoms in total. The highest BCUT2D eigenvalue weighted by atomic mass is 32.1. The molecular weight excluding hydrogens is 228 g/mol. The molecule has 1 aliphatic heterocycles. The maximum Gasteiger partial charge on any atom is 0.0522 e. The van der Waals surface area contributed by atoms with Crippen LogP contribution in [0.3, 0.4) is 0 Å². The number of anilines is 2. The highest BCUT2D eigenvalue weighted by Crippen LogP contribution is 2.32. The van der Waals surface area contributed by atoms with Gasteiger partial charge in [-0.3, -0.25) is 0 Å². The van der Waals surface area contributed by atoms with Gasteiger partial charge >= 0.3 is 0 Å². The predicted octanol–water partition coefficient (Wildman–Crippen LogP) is 3.28. The number of nitrogens with two attached hydrogens (primary N) is 1. The van der Waals surface area contributed by atoms with E-state index in [4.69, 9.17) is 5.73 Å². The van der Waals surface area contributed by atoms with Gasteiger partial charge in [0.05, 0.1) is 6.54 Å². The monoisotopic (exact) mass is 244 g/mol. The summed E-state index contributed by atoms with van der Waals surface area (Å²) in [4.78, 5) is 3.86. The fraction of sp³-hybridized carbons (Fsp3) is 0.286. The molecule has 0 spiro atoms. The SMILES string of the molecule is Nc1cccc2c1CCCN2Cc1cccs1. The first-order chi connectivity index (χ1) is 8.34. The molecule has 2 heterocycles. The zero-order valence-electron chi connectivity index (χ0n) is 9.73. The molecule has 3 rings (SSSR count). The van der Waals surface area contributed by atoms with E-state index in [0.29, 0.717) is 0 Å². The third kappa shape index (κ3) is 2.03. The molecule has 1 aromatic heterocycles. The average Bonchev–Trinajstić information content (AvgIpc) is 2.83. The molecule has 0 bridgehead atoms. The normalized spacial score (nSPS) is 14.7. The quantitative estimate of drug-likeness (QED) is 0.821. The number of hydrogen-bond donors (Lipinski definition) is 1. The number of benzene rings is 1. The Morgan fingerprint density at radius 3 is 3.00 bits per heavy atom. The standard InChI is InChI=1S/C14H16N2S/c15-13-6-1-7-14-12(13)5-2-8-16(14)10-11-4-3-9-17-11/h1,3-4,6-7,9H,2,5,8,10,15H2. The second kappa shape index (κ2) is 4.41. The summed E-state index contributed by atoms with van der Waals surface area (Å²) in [5, 5.41) is 2.14. The molecule has 0 aliphatic carbocycles. The van der Waals surface area contributed by atoms with Crippen LogP contribution in [0.1, 0.15) is 16.9 Å². The van der Waals surface area contributed by atoms with E-state index < -0.39 is 0 Å². The molecule has 2 aromatic rings. The minimum Gasteiger partial charge on any atom is -0.398 e. The third-order valence-electron chi connectivity index (χ3n) is 3.31. The second-order valence-electron chi connectivity index (χ2n) is 4.45. The summed E-state index contributed by atoms with van der Waals surface area (Å²) in [6.07, 6.45) is 2.32. The largest absolute Gasteiger partial charge is 0.398 e. The van der Waals surface area contributed by atoms with Crippen molar-refractivity contribution in [2.24, 2.45) is 0 Å². The summed E-state index contributed by atoms with van der Waals surface area (Å²) in [5.41, 5.74) is 9.65. The summed E-state index contributed by atoms with van der Waals surface area (Å²) in [6.45, 7) is 2.14. The Morgan fingerprint density at radius 2 is 2.18 bits per heavy atom. The van der Waals surface area contributed by atoms with Crippen LogP contribution >= 0.6 is 11.3 Å². The maximum atomic E-state index is 6.05. The fourth-order valence-corrected chi connectivity index (χ4v) is 3.20. The third-order valence-corrected chi connectivity index (χ3v) is 4.17. The minimum atomic E-state index is 0.943. The maximum absolute atomic E-state index is 6.05. The molecular formula is C14H16N2S. The summed E-state index contributed by atoms with van der Waals surface area (Å²) >= 11 is 1.82. The van der Waals surface area contributed by atoms with Crippen molar-refractivity contribution < 1.29 is 0 Å². The van der Waals surface area contributed by atoms with Crippen molar-refractivity contribution in [2.45, 2.75) is 19.4 Å². The Morgan fingerprint density at radius 1 is 1.24 bits per heavy atom. The van der Waals surface area contributed by atoms with Crippen LogP contribution in [0.4, 0.5) is 11.4 Å². The lowest BCUT2D eigenvalue weighted by Crippen LogP contribution is -2.28. The zero-order chi connectivity index (χ0) is 11.7. The van der Waals surface area contributed by atoms with Crippen molar-refractivity contribution >= 4 is 22.7 Å². The van der Waals surface area contributed by atoms with Crippen LogP contribution < -0.4 is 10.6 Å². The predicted molar refractivity (Wildman–Crippen MR) is 74.5 cm³/mol. The van der Waals surface area contributed by atoms with Gasteiger partial charge in [-0.25, -0.2) is 0 Å². The molecule has 3 heteroatoms. The smallest absolute Gasteiger partial charge is 0.0522 e. The molecule has 0 fully saturated rings. The first-order valence-electron chi connectivity index (χ1n) is 5.99. The van der Waals surface area contributed by atoms with Gasteiger partial charge in [-0.2, -0.15) is 0 Å². The van der Waals surface area contributed by atoms with E-state index in [-0.39, 0.29) is 0 Å². The van der Waals surface area contributed by atoms with Gasteiger partial charge in [0.25, 0.3) is 0 Å². The van der Waals surface area contributed by atoms with Gasteiger partial charge in [-0.1, -0.05) is 12.1 Å². The van der Waals surface area contributed by atoms with Gasteiger partial charge in [0.1, 0.15) is 0 Å². The van der Waals surface area contributed by atoms with Crippen molar-refractivity contribution in [3.05, 3.63) is 46.2 Å². The van der Waals surface area contributed by atoms with Crippen LogP contribution in [-0.2, 0) is 13.0 Å². The van der Waals surface area contributed by atoms with E-state index in [1.54, 1.807) is 0 Å². The summed E-state index contributed by atoms with van der Waals surface area (Å²) in [5.74, 6) is 0. The molecule has 0 saturated carbocycles. The number of nitrogens with zero attached hydrogens (tertiary/aromatic N) is 1. The minimum absolute atomic E-state index is 0.943. The van der Waals surface area contributed by atoms with Gasteiger partial charge in [-0.05, 0) is 42.0 Å². The summed E-state index contributed by atoms with van der Waals surface area (Å²) in [7, 11) is 0. The number of hydrogen-bond acceptors (Lipinski definition) is 3. The van der Waals surface area contributed by atoms with Crippen LogP contribution in [0.5, 0.6) is 0 Å². The molecule has 0 radical (unpaired) electrons. The molecule has 17 heavy (non-hydrogen) atoms. The molecule has 1 aliphatic rings. The number of thiophene rings is 1. The molecule has 1 aromatic carbocycles. The lowest BCUT2D eigenvalue weighted by Gasteiger charge is -2.31. The van der Waals surface area contributed by atoms with Gasteiger partial charge in [0, 0.05) is 22.8 Å². The molecule has 0 saturated heterocycles. The molecule has 0 atom stereocenters. The van der Waals surface area contributed by atoms with Crippen LogP contribution in [0, 0.1) is 0 Å².